The summed E-state index contributed by atoms with van der Waals surface area (Å²) in [7, 11) is -3.05. The van der Waals surface area contributed by atoms with E-state index in [1.165, 1.54) is 86.0 Å². The molecular formula is C54H52N4Si2. The molecule has 0 saturated heterocycles. The molecule has 9 rings (SSSR count). The highest BCUT2D eigenvalue weighted by Crippen LogP contribution is 2.50. The smallest absolute Gasteiger partial charge is 0.0991 e. The van der Waals surface area contributed by atoms with Gasteiger partial charge in [-0.15, -0.1) is 0 Å². The molecule has 296 valence electrons. The van der Waals surface area contributed by atoms with Crippen LogP contribution in [0.3, 0.4) is 0 Å². The summed E-state index contributed by atoms with van der Waals surface area (Å²) in [6, 6.07) is 55.6. The molecule has 0 unspecified atom stereocenters. The van der Waals surface area contributed by atoms with Crippen LogP contribution in [0.5, 0.6) is 0 Å². The van der Waals surface area contributed by atoms with Crippen molar-refractivity contribution in [3.63, 3.8) is 0 Å². The summed E-state index contributed by atoms with van der Waals surface area (Å²) in [5.41, 5.74) is 9.26. The van der Waals surface area contributed by atoms with Crippen LogP contribution >= 0.6 is 0 Å². The molecule has 4 nitrogen and oxygen atoms in total. The van der Waals surface area contributed by atoms with Crippen LogP contribution in [-0.4, -0.2) is 16.1 Å². The molecule has 0 N–H and O–H groups in total. The number of anilines is 6. The summed E-state index contributed by atoms with van der Waals surface area (Å²) in [6.45, 7) is 14.4. The van der Waals surface area contributed by atoms with Crippen molar-refractivity contribution >= 4 is 93.0 Å². The fourth-order valence-electron chi connectivity index (χ4n) is 9.47. The van der Waals surface area contributed by atoms with Gasteiger partial charge in [0.2, 0.25) is 0 Å². The summed E-state index contributed by atoms with van der Waals surface area (Å²) in [6.07, 6.45) is 6.18. The normalized spacial score (nSPS) is 13.7. The molecular weight excluding hydrogens is 761 g/mol. The van der Waals surface area contributed by atoms with Crippen molar-refractivity contribution < 1.29 is 0 Å². The van der Waals surface area contributed by atoms with Gasteiger partial charge in [0.15, 0.2) is 0 Å². The molecule has 8 aromatic carbocycles. The van der Waals surface area contributed by atoms with E-state index in [2.05, 4.69) is 176 Å². The second-order valence-corrected chi connectivity index (χ2v) is 28.9. The fourth-order valence-corrected chi connectivity index (χ4v) is 11.8. The molecule has 1 aliphatic rings. The minimum atomic E-state index is -1.53. The lowest BCUT2D eigenvalue weighted by atomic mass is 9.79. The maximum Gasteiger partial charge on any atom is 0.0991 e. The van der Waals surface area contributed by atoms with Crippen LogP contribution in [0.2, 0.25) is 39.3 Å². The number of rotatable bonds is 9. The van der Waals surface area contributed by atoms with Gasteiger partial charge in [0.1, 0.15) is 0 Å². The summed E-state index contributed by atoms with van der Waals surface area (Å²) < 4.78 is 0. The van der Waals surface area contributed by atoms with Crippen molar-refractivity contribution in [2.45, 2.75) is 77.3 Å². The molecule has 0 radical (unpaired) electrons. The number of nitrogens with zero attached hydrogens (tertiary/aromatic N) is 4. The topological polar surface area (TPSA) is 54.1 Å². The summed E-state index contributed by atoms with van der Waals surface area (Å²) >= 11 is 0. The maximum atomic E-state index is 9.79. The Balaban J connectivity index is 1.34. The van der Waals surface area contributed by atoms with Crippen molar-refractivity contribution in [3.8, 4) is 12.1 Å². The van der Waals surface area contributed by atoms with E-state index in [0.29, 0.717) is 17.0 Å². The Labute approximate surface area is 357 Å². The van der Waals surface area contributed by atoms with Crippen LogP contribution in [0.25, 0.3) is 32.3 Å². The van der Waals surface area contributed by atoms with Crippen LogP contribution in [0, 0.1) is 22.7 Å². The molecule has 0 amide bonds. The Kier molecular flexibility index (Phi) is 10.1. The molecule has 0 bridgehead atoms. The molecule has 1 fully saturated rings. The molecule has 1 saturated carbocycles. The Morgan fingerprint density at radius 2 is 0.867 bits per heavy atom. The van der Waals surface area contributed by atoms with Gasteiger partial charge in [-0.2, -0.15) is 10.5 Å². The Morgan fingerprint density at radius 1 is 0.450 bits per heavy atom. The number of hydrogen-bond donors (Lipinski definition) is 0. The fraction of sp³-hybridized carbons (Fsp3) is 0.222. The largest absolute Gasteiger partial charge is 0.310 e. The van der Waals surface area contributed by atoms with Gasteiger partial charge in [0.05, 0.1) is 50.8 Å². The second-order valence-electron chi connectivity index (χ2n) is 18.7. The zero-order valence-corrected chi connectivity index (χ0v) is 37.7. The molecule has 0 aliphatic heterocycles. The van der Waals surface area contributed by atoms with E-state index in [9.17, 15) is 10.5 Å². The van der Waals surface area contributed by atoms with Gasteiger partial charge < -0.3 is 9.80 Å². The third-order valence-corrected chi connectivity index (χ3v) is 16.9. The lowest BCUT2D eigenvalue weighted by molar-refractivity contribution is 0.445. The van der Waals surface area contributed by atoms with Gasteiger partial charge in [-0.05, 0) is 131 Å². The van der Waals surface area contributed by atoms with Crippen molar-refractivity contribution in [3.05, 3.63) is 156 Å². The second kappa shape index (κ2) is 15.4. The van der Waals surface area contributed by atoms with Gasteiger partial charge in [-0.1, -0.05) is 124 Å². The van der Waals surface area contributed by atoms with Crippen LogP contribution < -0.4 is 20.2 Å². The monoisotopic (exact) mass is 812 g/mol. The first-order valence-corrected chi connectivity index (χ1v) is 28.5. The minimum absolute atomic E-state index is 0.471. The minimum Gasteiger partial charge on any atom is -0.310 e. The molecule has 0 heterocycles. The van der Waals surface area contributed by atoms with Gasteiger partial charge in [-0.3, -0.25) is 0 Å². The van der Waals surface area contributed by atoms with Crippen LogP contribution in [0.15, 0.2) is 140 Å². The van der Waals surface area contributed by atoms with E-state index in [1.807, 2.05) is 24.3 Å². The zero-order valence-electron chi connectivity index (χ0n) is 35.7. The lowest BCUT2D eigenvalue weighted by Gasteiger charge is -2.32. The summed E-state index contributed by atoms with van der Waals surface area (Å²) in [5, 5.41) is 29.9. The van der Waals surface area contributed by atoms with E-state index in [-0.39, 0.29) is 0 Å². The average Bonchev–Trinajstić information content (AvgIpc) is 3.27. The third-order valence-electron chi connectivity index (χ3n) is 12.8. The van der Waals surface area contributed by atoms with Crippen LogP contribution in [0.1, 0.15) is 54.7 Å². The third kappa shape index (κ3) is 7.15. The highest BCUT2D eigenvalue weighted by atomic mass is 28.3. The first-order valence-electron chi connectivity index (χ1n) is 21.5. The standard InChI is InChI=1S/C54H52N4Si2/c1-59(2,3)45-26-22-43(23-27-45)57(41-18-12-37(35-55)13-19-41)51-33-17-40-16-30-49-52(34-50(39-10-8-7-9-11-39)47-31-32-48(51)53(40)54(47)49)58(42-20-14-38(36-56)15-21-42)44-24-28-46(29-25-44)60(4,5)6/h12-34,39H,7-11H2,1-6H3. The van der Waals surface area contributed by atoms with Gasteiger partial charge in [0.25, 0.3) is 0 Å². The van der Waals surface area contributed by atoms with Gasteiger partial charge in [-0.25, -0.2) is 0 Å². The molecule has 6 heteroatoms. The lowest BCUT2D eigenvalue weighted by Crippen LogP contribution is -2.37. The van der Waals surface area contributed by atoms with E-state index in [4.69, 9.17) is 0 Å². The molecule has 0 spiro atoms. The van der Waals surface area contributed by atoms with Crippen molar-refractivity contribution in [1.29, 1.82) is 10.5 Å². The molecule has 60 heavy (non-hydrogen) atoms. The predicted octanol–water partition coefficient (Wildman–Crippen LogP) is 14.4. The highest BCUT2D eigenvalue weighted by Gasteiger charge is 2.27. The maximum absolute atomic E-state index is 9.79. The predicted molar refractivity (Wildman–Crippen MR) is 261 cm³/mol. The van der Waals surface area contributed by atoms with E-state index in [0.717, 1.165) is 28.4 Å². The van der Waals surface area contributed by atoms with Gasteiger partial charge >= 0.3 is 0 Å². The Bertz CT molecular complexity index is 2920. The van der Waals surface area contributed by atoms with Crippen LogP contribution in [0.4, 0.5) is 34.1 Å². The average molecular weight is 813 g/mol. The number of hydrogen-bond acceptors (Lipinski definition) is 4. The highest BCUT2D eigenvalue weighted by molar-refractivity contribution is 6.89. The Hall–Kier alpha value is -6.19. The number of nitriles is 2. The number of benzene rings is 8. The molecule has 0 aromatic heterocycles. The summed E-state index contributed by atoms with van der Waals surface area (Å²) in [4.78, 5) is 4.80. The van der Waals surface area contributed by atoms with Crippen molar-refractivity contribution in [1.82, 2.24) is 0 Å². The molecule has 1 aliphatic carbocycles. The molecule has 8 aromatic rings. The van der Waals surface area contributed by atoms with E-state index in [1.54, 1.807) is 0 Å². The summed E-state index contributed by atoms with van der Waals surface area (Å²) in [5.74, 6) is 0.471. The van der Waals surface area contributed by atoms with Crippen molar-refractivity contribution in [2.75, 3.05) is 9.80 Å². The Morgan fingerprint density at radius 3 is 1.35 bits per heavy atom. The zero-order chi connectivity index (χ0) is 41.8. The van der Waals surface area contributed by atoms with Crippen LogP contribution in [-0.2, 0) is 0 Å². The molecule has 0 atom stereocenters. The van der Waals surface area contributed by atoms with Gasteiger partial charge in [0, 0.05) is 33.5 Å². The SMILES string of the molecule is C[Si](C)(C)c1ccc(N(c2ccc(C#N)cc2)c2ccc3ccc4c(N(c5ccc(C#N)cc5)c5ccc([Si](C)(C)C)cc5)cc(C5CCCCC5)c5ccc2c3c54)cc1. The van der Waals surface area contributed by atoms with Crippen molar-refractivity contribution in [2.24, 2.45) is 0 Å². The quantitative estimate of drug-likeness (QED) is 0.108. The van der Waals surface area contributed by atoms with E-state index < -0.39 is 16.1 Å². The first-order chi connectivity index (χ1) is 28.9. The van der Waals surface area contributed by atoms with E-state index >= 15 is 0 Å². The first kappa shape index (κ1) is 39.3.